The molecule has 4 rings (SSSR count). The van der Waals surface area contributed by atoms with Crippen LogP contribution >= 0.6 is 0 Å². The standard InChI is InChI=1S/C22H24N6O2/c1-13-9-14(2)23-21-20(13)22(26-27(21)5)30-12-19(29)24-17-7-6-8-18(11-17)28-16(4)10-15(3)25-28/h6-11H,12H2,1-5H3,(H,24,29). The van der Waals surface area contributed by atoms with Crippen LogP contribution in [0.25, 0.3) is 16.7 Å². The molecule has 0 atom stereocenters. The fraction of sp³-hybridized carbons (Fsp3) is 0.273. The van der Waals surface area contributed by atoms with E-state index >= 15 is 0 Å². The average molecular weight is 404 g/mol. The van der Waals surface area contributed by atoms with E-state index in [1.165, 1.54) is 0 Å². The summed E-state index contributed by atoms with van der Waals surface area (Å²) in [6.45, 7) is 7.72. The molecule has 0 unspecified atom stereocenters. The highest BCUT2D eigenvalue weighted by atomic mass is 16.5. The maximum Gasteiger partial charge on any atom is 0.262 e. The zero-order chi connectivity index (χ0) is 21.4. The highest BCUT2D eigenvalue weighted by molar-refractivity contribution is 5.92. The third-order valence-corrected chi connectivity index (χ3v) is 4.81. The molecule has 1 N–H and O–H groups in total. The van der Waals surface area contributed by atoms with Gasteiger partial charge < -0.3 is 10.1 Å². The number of aromatic nitrogens is 5. The van der Waals surface area contributed by atoms with Crippen LogP contribution in [-0.4, -0.2) is 37.1 Å². The Kier molecular flexibility index (Phi) is 4.99. The number of ether oxygens (including phenoxy) is 1. The zero-order valence-electron chi connectivity index (χ0n) is 17.7. The Morgan fingerprint density at radius 3 is 2.60 bits per heavy atom. The van der Waals surface area contributed by atoms with E-state index in [9.17, 15) is 4.79 Å². The molecule has 0 saturated heterocycles. The molecule has 3 heterocycles. The Labute approximate surface area is 174 Å². The SMILES string of the molecule is Cc1cc(C)c2c(OCC(=O)Nc3cccc(-n4nc(C)cc4C)c3)nn(C)c2n1. The number of carbonyl (C=O) groups excluding carboxylic acids is 1. The van der Waals surface area contributed by atoms with Crippen LogP contribution in [0.4, 0.5) is 5.69 Å². The van der Waals surface area contributed by atoms with Crippen molar-refractivity contribution in [2.45, 2.75) is 27.7 Å². The van der Waals surface area contributed by atoms with Gasteiger partial charge in [-0.3, -0.25) is 4.79 Å². The lowest BCUT2D eigenvalue weighted by atomic mass is 10.2. The van der Waals surface area contributed by atoms with Crippen LogP contribution in [0.1, 0.15) is 22.6 Å². The Balaban J connectivity index is 1.48. The predicted octanol–water partition coefficient (Wildman–Crippen LogP) is 3.41. The number of rotatable bonds is 5. The minimum absolute atomic E-state index is 0.149. The summed E-state index contributed by atoms with van der Waals surface area (Å²) in [5.41, 5.74) is 6.19. The first kappa shape index (κ1) is 19.6. The lowest BCUT2D eigenvalue weighted by Gasteiger charge is -2.09. The molecular formula is C22H24N6O2. The second-order valence-corrected chi connectivity index (χ2v) is 7.43. The number of carbonyl (C=O) groups is 1. The molecule has 0 aliphatic rings. The van der Waals surface area contributed by atoms with Gasteiger partial charge in [0.05, 0.1) is 16.8 Å². The number of nitrogens with one attached hydrogen (secondary N) is 1. The zero-order valence-corrected chi connectivity index (χ0v) is 17.7. The normalized spacial score (nSPS) is 11.1. The molecule has 0 aliphatic heterocycles. The van der Waals surface area contributed by atoms with Crippen molar-refractivity contribution in [3.05, 3.63) is 59.0 Å². The van der Waals surface area contributed by atoms with E-state index in [0.717, 1.165) is 39.4 Å². The van der Waals surface area contributed by atoms with Gasteiger partial charge in [0, 0.05) is 24.1 Å². The number of anilines is 1. The first-order valence-electron chi connectivity index (χ1n) is 9.69. The molecule has 0 radical (unpaired) electrons. The van der Waals surface area contributed by atoms with Crippen molar-refractivity contribution in [1.29, 1.82) is 0 Å². The van der Waals surface area contributed by atoms with Crippen molar-refractivity contribution in [2.75, 3.05) is 11.9 Å². The maximum absolute atomic E-state index is 12.5. The molecule has 30 heavy (non-hydrogen) atoms. The highest BCUT2D eigenvalue weighted by Gasteiger charge is 2.16. The van der Waals surface area contributed by atoms with Crippen LogP contribution in [0.5, 0.6) is 5.88 Å². The first-order valence-corrected chi connectivity index (χ1v) is 9.69. The molecule has 4 aromatic rings. The van der Waals surface area contributed by atoms with Crippen LogP contribution < -0.4 is 10.1 Å². The van der Waals surface area contributed by atoms with Gasteiger partial charge in [-0.25, -0.2) is 14.3 Å². The number of aryl methyl sites for hydroxylation is 5. The fourth-order valence-corrected chi connectivity index (χ4v) is 3.59. The van der Waals surface area contributed by atoms with Crippen molar-refractivity contribution in [1.82, 2.24) is 24.5 Å². The molecule has 1 amide bonds. The van der Waals surface area contributed by atoms with Crippen LogP contribution in [0.3, 0.4) is 0 Å². The van der Waals surface area contributed by atoms with Crippen molar-refractivity contribution in [3.63, 3.8) is 0 Å². The summed E-state index contributed by atoms with van der Waals surface area (Å²) in [4.78, 5) is 17.0. The second kappa shape index (κ2) is 7.62. The highest BCUT2D eigenvalue weighted by Crippen LogP contribution is 2.27. The topological polar surface area (TPSA) is 86.9 Å². The van der Waals surface area contributed by atoms with Crippen LogP contribution in [0.2, 0.25) is 0 Å². The molecule has 8 heteroatoms. The van der Waals surface area contributed by atoms with Crippen LogP contribution in [0, 0.1) is 27.7 Å². The van der Waals surface area contributed by atoms with E-state index in [2.05, 4.69) is 20.5 Å². The van der Waals surface area contributed by atoms with Gasteiger partial charge >= 0.3 is 0 Å². The maximum atomic E-state index is 12.5. The van der Waals surface area contributed by atoms with Gasteiger partial charge in [-0.2, -0.15) is 5.10 Å². The van der Waals surface area contributed by atoms with E-state index in [1.807, 2.05) is 75.8 Å². The third kappa shape index (κ3) is 3.76. The summed E-state index contributed by atoms with van der Waals surface area (Å²) in [5.74, 6) is 0.140. The van der Waals surface area contributed by atoms with Crippen molar-refractivity contribution in [2.24, 2.45) is 7.05 Å². The van der Waals surface area contributed by atoms with Crippen molar-refractivity contribution in [3.8, 4) is 11.6 Å². The average Bonchev–Trinajstić information content (AvgIpc) is 3.19. The number of nitrogens with zero attached hydrogens (tertiary/aromatic N) is 5. The van der Waals surface area contributed by atoms with Gasteiger partial charge in [0.2, 0.25) is 5.88 Å². The summed E-state index contributed by atoms with van der Waals surface area (Å²) < 4.78 is 9.24. The van der Waals surface area contributed by atoms with E-state index in [4.69, 9.17) is 4.74 Å². The summed E-state index contributed by atoms with van der Waals surface area (Å²) in [5, 5.41) is 12.6. The molecule has 0 fully saturated rings. The number of benzene rings is 1. The number of fused-ring (bicyclic) bond motifs is 1. The molecule has 1 aromatic carbocycles. The molecular weight excluding hydrogens is 380 g/mol. The molecule has 3 aromatic heterocycles. The summed E-state index contributed by atoms with van der Waals surface area (Å²) >= 11 is 0. The lowest BCUT2D eigenvalue weighted by molar-refractivity contribution is -0.118. The van der Waals surface area contributed by atoms with E-state index in [-0.39, 0.29) is 12.5 Å². The molecule has 0 bridgehead atoms. The van der Waals surface area contributed by atoms with Gasteiger partial charge in [0.15, 0.2) is 12.3 Å². The Morgan fingerprint density at radius 2 is 1.87 bits per heavy atom. The van der Waals surface area contributed by atoms with Crippen molar-refractivity contribution < 1.29 is 9.53 Å². The Bertz CT molecular complexity index is 1250. The number of hydrogen-bond donors (Lipinski definition) is 1. The molecule has 0 spiro atoms. The van der Waals surface area contributed by atoms with Gasteiger partial charge in [0.1, 0.15) is 0 Å². The number of amides is 1. The number of pyridine rings is 1. The van der Waals surface area contributed by atoms with Crippen LogP contribution in [-0.2, 0) is 11.8 Å². The minimum Gasteiger partial charge on any atom is -0.466 e. The largest absolute Gasteiger partial charge is 0.466 e. The lowest BCUT2D eigenvalue weighted by Crippen LogP contribution is -2.20. The Morgan fingerprint density at radius 1 is 1.07 bits per heavy atom. The number of hydrogen-bond acceptors (Lipinski definition) is 5. The molecule has 0 saturated carbocycles. The summed E-state index contributed by atoms with van der Waals surface area (Å²) in [6, 6.07) is 11.5. The second-order valence-electron chi connectivity index (χ2n) is 7.43. The van der Waals surface area contributed by atoms with E-state index < -0.39 is 0 Å². The van der Waals surface area contributed by atoms with Crippen LogP contribution in [0.15, 0.2) is 36.4 Å². The van der Waals surface area contributed by atoms with Crippen molar-refractivity contribution >= 4 is 22.6 Å². The predicted molar refractivity (Wildman–Crippen MR) is 115 cm³/mol. The molecule has 154 valence electrons. The molecule has 8 nitrogen and oxygen atoms in total. The monoisotopic (exact) mass is 404 g/mol. The van der Waals surface area contributed by atoms with Gasteiger partial charge in [-0.15, -0.1) is 5.10 Å². The van der Waals surface area contributed by atoms with E-state index in [0.29, 0.717) is 11.6 Å². The summed E-state index contributed by atoms with van der Waals surface area (Å²) in [7, 11) is 1.81. The summed E-state index contributed by atoms with van der Waals surface area (Å²) in [6.07, 6.45) is 0. The van der Waals surface area contributed by atoms with E-state index in [1.54, 1.807) is 4.68 Å². The minimum atomic E-state index is -0.267. The first-order chi connectivity index (χ1) is 14.3. The van der Waals surface area contributed by atoms with Gasteiger partial charge in [0.25, 0.3) is 5.91 Å². The Hall–Kier alpha value is -3.68. The third-order valence-electron chi connectivity index (χ3n) is 4.81. The molecule has 0 aliphatic carbocycles. The smallest absolute Gasteiger partial charge is 0.262 e. The fourth-order valence-electron chi connectivity index (χ4n) is 3.59. The van der Waals surface area contributed by atoms with Gasteiger partial charge in [-0.05, 0) is 63.6 Å². The van der Waals surface area contributed by atoms with Gasteiger partial charge in [-0.1, -0.05) is 6.07 Å². The quantitative estimate of drug-likeness (QED) is 0.551.